The first-order chi connectivity index (χ1) is 13.4. The molecule has 1 N–H and O–H groups in total. The van der Waals surface area contributed by atoms with Crippen molar-refractivity contribution in [3.63, 3.8) is 0 Å². The van der Waals surface area contributed by atoms with Crippen molar-refractivity contribution >= 4 is 21.9 Å². The highest BCUT2D eigenvalue weighted by atomic mass is 32.2. The number of carbonyl (C=O) groups is 1. The third-order valence-electron chi connectivity index (χ3n) is 4.71. The van der Waals surface area contributed by atoms with Crippen LogP contribution in [0.4, 0.5) is 10.6 Å². The summed E-state index contributed by atoms with van der Waals surface area (Å²) >= 11 is 0. The van der Waals surface area contributed by atoms with Gasteiger partial charge in [-0.05, 0) is 51.8 Å². The topological polar surface area (TPSA) is 93.5 Å². The van der Waals surface area contributed by atoms with Crippen LogP contribution in [0.3, 0.4) is 0 Å². The Kier molecular flexibility index (Phi) is 5.38. The summed E-state index contributed by atoms with van der Waals surface area (Å²) < 4.78 is 35.8. The molecular weight excluding hydrogens is 392 g/mol. The highest BCUT2D eigenvalue weighted by Gasteiger charge is 2.31. The first-order valence-corrected chi connectivity index (χ1v) is 11.0. The lowest BCUT2D eigenvalue weighted by Gasteiger charge is -2.30. The number of aryl methyl sites for hydroxylation is 3. The van der Waals surface area contributed by atoms with Crippen LogP contribution in [0.5, 0.6) is 0 Å². The molecule has 1 aliphatic rings. The summed E-state index contributed by atoms with van der Waals surface area (Å²) in [5.74, 6) is 0.370. The Morgan fingerprint density at radius 1 is 1.24 bits per heavy atom. The van der Waals surface area contributed by atoms with Gasteiger partial charge < -0.3 is 9.64 Å². The highest BCUT2D eigenvalue weighted by Crippen LogP contribution is 2.29. The Hall–Kier alpha value is -2.55. The van der Waals surface area contributed by atoms with Crippen molar-refractivity contribution in [3.05, 3.63) is 40.6 Å². The van der Waals surface area contributed by atoms with Crippen LogP contribution in [0.15, 0.2) is 23.1 Å². The molecule has 1 aromatic heterocycles. The maximum atomic E-state index is 13.1. The zero-order valence-electron chi connectivity index (χ0n) is 17.7. The number of rotatable bonds is 3. The van der Waals surface area contributed by atoms with E-state index in [0.29, 0.717) is 29.9 Å². The Morgan fingerprint density at radius 2 is 1.93 bits per heavy atom. The van der Waals surface area contributed by atoms with Crippen LogP contribution < -0.4 is 4.72 Å². The molecule has 1 aliphatic heterocycles. The van der Waals surface area contributed by atoms with Crippen molar-refractivity contribution in [2.24, 2.45) is 7.05 Å². The zero-order valence-corrected chi connectivity index (χ0v) is 18.6. The minimum atomic E-state index is -3.80. The van der Waals surface area contributed by atoms with Crippen molar-refractivity contribution in [1.82, 2.24) is 14.7 Å². The van der Waals surface area contributed by atoms with Gasteiger partial charge in [0.25, 0.3) is 10.0 Å². The van der Waals surface area contributed by atoms with Crippen LogP contribution in [-0.2, 0) is 34.8 Å². The zero-order chi connectivity index (χ0) is 21.6. The number of carbonyl (C=O) groups excluding carboxylic acids is 1. The van der Waals surface area contributed by atoms with E-state index in [1.165, 1.54) is 4.68 Å². The van der Waals surface area contributed by atoms with E-state index in [9.17, 15) is 13.2 Å². The molecular formula is C20H28N4O4S. The minimum Gasteiger partial charge on any atom is -0.444 e. The van der Waals surface area contributed by atoms with Crippen LogP contribution in [-0.4, -0.2) is 41.3 Å². The Bertz CT molecular complexity index is 1050. The first kappa shape index (κ1) is 21.2. The highest BCUT2D eigenvalue weighted by molar-refractivity contribution is 7.92. The van der Waals surface area contributed by atoms with Crippen molar-refractivity contribution in [2.75, 3.05) is 11.3 Å². The largest absolute Gasteiger partial charge is 0.444 e. The van der Waals surface area contributed by atoms with Gasteiger partial charge in [0.1, 0.15) is 11.4 Å². The SMILES string of the molecule is Cc1ccc(C)c(S(=O)(=O)Nc2c3c(nn2C)CCN(C(=O)OC(C)(C)C)C3)c1. The van der Waals surface area contributed by atoms with Gasteiger partial charge >= 0.3 is 6.09 Å². The summed E-state index contributed by atoms with van der Waals surface area (Å²) in [6, 6.07) is 5.30. The van der Waals surface area contributed by atoms with Crippen molar-refractivity contribution < 1.29 is 17.9 Å². The molecule has 0 spiro atoms. The molecule has 0 saturated heterocycles. The maximum absolute atomic E-state index is 13.1. The Balaban J connectivity index is 1.91. The van der Waals surface area contributed by atoms with E-state index in [1.807, 2.05) is 33.8 Å². The number of nitrogens with zero attached hydrogens (tertiary/aromatic N) is 3. The number of amides is 1. The van der Waals surface area contributed by atoms with Crippen molar-refractivity contribution in [1.29, 1.82) is 0 Å². The fourth-order valence-corrected chi connectivity index (χ4v) is 4.74. The van der Waals surface area contributed by atoms with Crippen LogP contribution in [0, 0.1) is 13.8 Å². The Labute approximate surface area is 171 Å². The minimum absolute atomic E-state index is 0.229. The second-order valence-electron chi connectivity index (χ2n) is 8.42. The first-order valence-electron chi connectivity index (χ1n) is 9.50. The fourth-order valence-electron chi connectivity index (χ4n) is 3.29. The average molecular weight is 421 g/mol. The quantitative estimate of drug-likeness (QED) is 0.823. The number of ether oxygens (including phenoxy) is 1. The number of sulfonamides is 1. The lowest BCUT2D eigenvalue weighted by Crippen LogP contribution is -2.40. The Morgan fingerprint density at radius 3 is 2.59 bits per heavy atom. The summed E-state index contributed by atoms with van der Waals surface area (Å²) in [6.07, 6.45) is 0.114. The van der Waals surface area contributed by atoms with E-state index in [4.69, 9.17) is 4.74 Å². The lowest BCUT2D eigenvalue weighted by atomic mass is 10.1. The number of benzene rings is 1. The summed E-state index contributed by atoms with van der Waals surface area (Å²) in [5, 5.41) is 4.45. The molecule has 1 aromatic carbocycles. The van der Waals surface area contributed by atoms with E-state index in [-0.39, 0.29) is 11.4 Å². The third kappa shape index (κ3) is 4.55. The second kappa shape index (κ2) is 7.37. The number of hydrogen-bond donors (Lipinski definition) is 1. The molecule has 1 amide bonds. The maximum Gasteiger partial charge on any atom is 0.410 e. The summed E-state index contributed by atoms with van der Waals surface area (Å²) in [7, 11) is -2.11. The predicted molar refractivity (Wildman–Crippen MR) is 110 cm³/mol. The van der Waals surface area contributed by atoms with Crippen LogP contribution in [0.25, 0.3) is 0 Å². The normalized spacial score (nSPS) is 14.5. The molecule has 0 saturated carbocycles. The number of aromatic nitrogens is 2. The van der Waals surface area contributed by atoms with E-state index in [0.717, 1.165) is 11.3 Å². The van der Waals surface area contributed by atoms with Crippen molar-refractivity contribution in [3.8, 4) is 0 Å². The molecule has 29 heavy (non-hydrogen) atoms. The van der Waals surface area contributed by atoms with E-state index in [2.05, 4.69) is 9.82 Å². The summed E-state index contributed by atoms with van der Waals surface area (Å²) in [4.78, 5) is 14.3. The van der Waals surface area contributed by atoms with Gasteiger partial charge in [-0.2, -0.15) is 5.10 Å². The smallest absolute Gasteiger partial charge is 0.410 e. The van der Waals surface area contributed by atoms with Gasteiger partial charge in [0.15, 0.2) is 0 Å². The van der Waals surface area contributed by atoms with Gasteiger partial charge in [0.05, 0.1) is 17.1 Å². The summed E-state index contributed by atoms with van der Waals surface area (Å²) in [6.45, 7) is 9.77. The molecule has 0 atom stereocenters. The molecule has 9 heteroatoms. The average Bonchev–Trinajstić information content (AvgIpc) is 2.90. The molecule has 0 fully saturated rings. The number of nitrogens with one attached hydrogen (secondary N) is 1. The van der Waals surface area contributed by atoms with E-state index in [1.54, 1.807) is 31.0 Å². The number of fused-ring (bicyclic) bond motifs is 1. The van der Waals surface area contributed by atoms with Crippen LogP contribution >= 0.6 is 0 Å². The van der Waals surface area contributed by atoms with Crippen LogP contribution in [0.1, 0.15) is 43.2 Å². The molecule has 2 aromatic rings. The molecule has 2 heterocycles. The number of anilines is 1. The molecule has 0 bridgehead atoms. The molecule has 3 rings (SSSR count). The lowest BCUT2D eigenvalue weighted by molar-refractivity contribution is 0.0224. The predicted octanol–water partition coefficient (Wildman–Crippen LogP) is 3.13. The molecule has 0 radical (unpaired) electrons. The van der Waals surface area contributed by atoms with Crippen LogP contribution in [0.2, 0.25) is 0 Å². The molecule has 0 aliphatic carbocycles. The standard InChI is InChI=1S/C20H28N4O4S/c1-13-7-8-14(2)17(11-13)29(26,27)22-18-15-12-24(19(25)28-20(3,4)5)10-9-16(15)21-23(18)6/h7-8,11,22H,9-10,12H2,1-6H3. The third-order valence-corrected chi connectivity index (χ3v) is 6.19. The molecule has 158 valence electrons. The molecule has 8 nitrogen and oxygen atoms in total. The van der Waals surface area contributed by atoms with Gasteiger partial charge in [-0.15, -0.1) is 0 Å². The monoisotopic (exact) mass is 420 g/mol. The van der Waals surface area contributed by atoms with Crippen molar-refractivity contribution in [2.45, 2.75) is 58.1 Å². The second-order valence-corrected chi connectivity index (χ2v) is 10.1. The summed E-state index contributed by atoms with van der Waals surface area (Å²) in [5.41, 5.74) is 2.40. The molecule has 0 unspecified atom stereocenters. The van der Waals surface area contributed by atoms with Gasteiger partial charge in [-0.25, -0.2) is 13.2 Å². The number of hydrogen-bond acceptors (Lipinski definition) is 5. The van der Waals surface area contributed by atoms with E-state index >= 15 is 0 Å². The van der Waals surface area contributed by atoms with Gasteiger partial charge in [-0.3, -0.25) is 9.40 Å². The van der Waals surface area contributed by atoms with E-state index < -0.39 is 21.7 Å². The van der Waals surface area contributed by atoms with Gasteiger partial charge in [-0.1, -0.05) is 12.1 Å². The van der Waals surface area contributed by atoms with Gasteiger partial charge in [0.2, 0.25) is 0 Å². The fraction of sp³-hybridized carbons (Fsp3) is 0.500. The van der Waals surface area contributed by atoms with Gasteiger partial charge in [0, 0.05) is 25.6 Å².